The van der Waals surface area contributed by atoms with E-state index >= 15 is 0 Å². The van der Waals surface area contributed by atoms with Crippen LogP contribution in [0.3, 0.4) is 0 Å². The smallest absolute Gasteiger partial charge is 0.243 e. The first kappa shape index (κ1) is 17.8. The Kier molecular flexibility index (Phi) is 4.70. The standard InChI is InChI=1S/C17H17ClN4O2S2/c18-13-5-3-11-4-6-14(9-12(11)8-13)26(23,24)22-7-1-2-15(22)17-21-20-16(10-19)25-17/h3-6,8-9,15H,1-2,7,10,19H2. The molecule has 26 heavy (non-hydrogen) atoms. The molecular formula is C17H17ClN4O2S2. The SMILES string of the molecule is NCc1nnc(C2CCCN2S(=O)(=O)c2ccc3ccc(Cl)cc3c2)s1. The molecule has 1 aliphatic rings. The van der Waals surface area contributed by atoms with Crippen LogP contribution in [0.25, 0.3) is 10.8 Å². The Morgan fingerprint density at radius 1 is 1.19 bits per heavy atom. The van der Waals surface area contributed by atoms with Crippen LogP contribution in [0.5, 0.6) is 0 Å². The topological polar surface area (TPSA) is 89.2 Å². The normalized spacial score (nSPS) is 18.6. The Balaban J connectivity index is 1.73. The third kappa shape index (κ3) is 3.12. The first-order valence-corrected chi connectivity index (χ1v) is 10.9. The maximum atomic E-state index is 13.2. The van der Waals surface area contributed by atoms with Crippen molar-refractivity contribution in [3.05, 3.63) is 51.4 Å². The summed E-state index contributed by atoms with van der Waals surface area (Å²) >= 11 is 7.43. The van der Waals surface area contributed by atoms with Gasteiger partial charge in [0.05, 0.1) is 10.9 Å². The lowest BCUT2D eigenvalue weighted by Crippen LogP contribution is -2.30. The van der Waals surface area contributed by atoms with E-state index in [0.717, 1.165) is 23.6 Å². The van der Waals surface area contributed by atoms with Gasteiger partial charge in [-0.1, -0.05) is 35.1 Å². The molecule has 0 amide bonds. The minimum absolute atomic E-state index is 0.266. The van der Waals surface area contributed by atoms with Crippen molar-refractivity contribution >= 4 is 43.7 Å². The van der Waals surface area contributed by atoms with E-state index in [9.17, 15) is 8.42 Å². The zero-order valence-corrected chi connectivity index (χ0v) is 16.2. The molecule has 1 aromatic heterocycles. The van der Waals surface area contributed by atoms with Crippen LogP contribution in [0.1, 0.15) is 28.9 Å². The molecule has 1 atom stereocenters. The Bertz CT molecular complexity index is 1070. The minimum Gasteiger partial charge on any atom is -0.324 e. The maximum absolute atomic E-state index is 13.2. The zero-order valence-electron chi connectivity index (χ0n) is 13.8. The molecule has 0 aliphatic carbocycles. The summed E-state index contributed by atoms with van der Waals surface area (Å²) in [5, 5.41) is 11.9. The molecule has 1 saturated heterocycles. The second-order valence-electron chi connectivity index (χ2n) is 6.17. The first-order chi connectivity index (χ1) is 12.5. The minimum atomic E-state index is -3.64. The molecule has 6 nitrogen and oxygen atoms in total. The average molecular weight is 409 g/mol. The molecule has 0 saturated carbocycles. The molecule has 2 aromatic carbocycles. The van der Waals surface area contributed by atoms with Gasteiger partial charge in [0, 0.05) is 18.1 Å². The van der Waals surface area contributed by atoms with E-state index in [0.29, 0.717) is 28.1 Å². The number of hydrogen-bond acceptors (Lipinski definition) is 6. The summed E-state index contributed by atoms with van der Waals surface area (Å²) < 4.78 is 28.0. The third-order valence-electron chi connectivity index (χ3n) is 4.53. The molecular weight excluding hydrogens is 392 g/mol. The van der Waals surface area contributed by atoms with Crippen molar-refractivity contribution in [2.75, 3.05) is 6.54 Å². The summed E-state index contributed by atoms with van der Waals surface area (Å²) in [4.78, 5) is 0.266. The lowest BCUT2D eigenvalue weighted by atomic mass is 10.1. The molecule has 1 aliphatic heterocycles. The summed E-state index contributed by atoms with van der Waals surface area (Å²) in [7, 11) is -3.64. The highest BCUT2D eigenvalue weighted by Crippen LogP contribution is 2.38. The molecule has 2 heterocycles. The van der Waals surface area contributed by atoms with Gasteiger partial charge in [0.25, 0.3) is 0 Å². The summed E-state index contributed by atoms with van der Waals surface area (Å²) in [5.74, 6) is 0. The van der Waals surface area contributed by atoms with Crippen LogP contribution in [-0.2, 0) is 16.6 Å². The van der Waals surface area contributed by atoms with Crippen LogP contribution in [0.4, 0.5) is 0 Å². The van der Waals surface area contributed by atoms with Crippen LogP contribution >= 0.6 is 22.9 Å². The van der Waals surface area contributed by atoms with Crippen molar-refractivity contribution in [1.29, 1.82) is 0 Å². The van der Waals surface area contributed by atoms with Crippen LogP contribution in [0, 0.1) is 0 Å². The number of aromatic nitrogens is 2. The Morgan fingerprint density at radius 2 is 2.00 bits per heavy atom. The van der Waals surface area contributed by atoms with Crippen molar-refractivity contribution < 1.29 is 8.42 Å². The van der Waals surface area contributed by atoms with Gasteiger partial charge in [-0.05, 0) is 47.9 Å². The van der Waals surface area contributed by atoms with E-state index in [1.165, 1.54) is 15.6 Å². The van der Waals surface area contributed by atoms with E-state index in [2.05, 4.69) is 10.2 Å². The molecule has 4 rings (SSSR count). The summed E-state index contributed by atoms with van der Waals surface area (Å²) in [6.45, 7) is 0.778. The van der Waals surface area contributed by atoms with Gasteiger partial charge in [-0.25, -0.2) is 8.42 Å². The molecule has 9 heteroatoms. The number of fused-ring (bicyclic) bond motifs is 1. The molecule has 1 unspecified atom stereocenters. The quantitative estimate of drug-likeness (QED) is 0.715. The molecule has 136 valence electrons. The van der Waals surface area contributed by atoms with Gasteiger partial charge in [0.2, 0.25) is 10.0 Å². The molecule has 2 N–H and O–H groups in total. The second-order valence-corrected chi connectivity index (χ2v) is 9.59. The van der Waals surface area contributed by atoms with Crippen molar-refractivity contribution in [3.8, 4) is 0 Å². The van der Waals surface area contributed by atoms with E-state index in [1.54, 1.807) is 30.3 Å². The van der Waals surface area contributed by atoms with Gasteiger partial charge >= 0.3 is 0 Å². The van der Waals surface area contributed by atoms with Crippen LogP contribution < -0.4 is 5.73 Å². The monoisotopic (exact) mass is 408 g/mol. The predicted octanol–water partition coefficient (Wildman–Crippen LogP) is 3.33. The number of sulfonamides is 1. The summed E-state index contributed by atoms with van der Waals surface area (Å²) in [6.07, 6.45) is 1.53. The van der Waals surface area contributed by atoms with E-state index in [4.69, 9.17) is 17.3 Å². The number of halogens is 1. The van der Waals surface area contributed by atoms with Crippen molar-refractivity contribution in [2.24, 2.45) is 5.73 Å². The van der Waals surface area contributed by atoms with Crippen molar-refractivity contribution in [1.82, 2.24) is 14.5 Å². The first-order valence-electron chi connectivity index (χ1n) is 8.22. The number of rotatable bonds is 4. The van der Waals surface area contributed by atoms with Crippen LogP contribution in [-0.4, -0.2) is 29.5 Å². The third-order valence-corrected chi connectivity index (χ3v) is 7.71. The number of hydrogen-bond donors (Lipinski definition) is 1. The van der Waals surface area contributed by atoms with Gasteiger partial charge in [-0.2, -0.15) is 4.31 Å². The number of nitrogens with zero attached hydrogens (tertiary/aromatic N) is 3. The van der Waals surface area contributed by atoms with E-state index < -0.39 is 10.0 Å². The lowest BCUT2D eigenvalue weighted by Gasteiger charge is -2.22. The van der Waals surface area contributed by atoms with Gasteiger partial charge in [-0.15, -0.1) is 10.2 Å². The Morgan fingerprint density at radius 3 is 2.77 bits per heavy atom. The van der Waals surface area contributed by atoms with Gasteiger partial charge in [0.1, 0.15) is 10.0 Å². The molecule has 3 aromatic rings. The molecule has 0 bridgehead atoms. The van der Waals surface area contributed by atoms with E-state index in [1.807, 2.05) is 6.07 Å². The number of nitrogens with two attached hydrogens (primary N) is 1. The van der Waals surface area contributed by atoms with Crippen molar-refractivity contribution in [2.45, 2.75) is 30.3 Å². The fourth-order valence-corrected chi connectivity index (χ4v) is 6.06. The summed E-state index contributed by atoms with van der Waals surface area (Å²) in [6, 6.07) is 10.3. The highest BCUT2D eigenvalue weighted by atomic mass is 35.5. The van der Waals surface area contributed by atoms with Gasteiger partial charge in [-0.3, -0.25) is 0 Å². The second kappa shape index (κ2) is 6.86. The maximum Gasteiger partial charge on any atom is 0.243 e. The zero-order chi connectivity index (χ0) is 18.3. The fraction of sp³-hybridized carbons (Fsp3) is 0.294. The van der Waals surface area contributed by atoms with Crippen LogP contribution in [0.2, 0.25) is 5.02 Å². The highest BCUT2D eigenvalue weighted by molar-refractivity contribution is 7.89. The predicted molar refractivity (Wildman–Crippen MR) is 103 cm³/mol. The fourth-order valence-electron chi connectivity index (χ4n) is 3.25. The van der Waals surface area contributed by atoms with Gasteiger partial charge < -0.3 is 5.73 Å². The summed E-state index contributed by atoms with van der Waals surface area (Å²) in [5.41, 5.74) is 5.60. The Hall–Kier alpha value is -1.58. The van der Waals surface area contributed by atoms with Gasteiger partial charge in [0.15, 0.2) is 0 Å². The highest BCUT2D eigenvalue weighted by Gasteiger charge is 2.38. The number of benzene rings is 2. The van der Waals surface area contributed by atoms with Crippen LogP contribution in [0.15, 0.2) is 41.3 Å². The lowest BCUT2D eigenvalue weighted by molar-refractivity contribution is 0.394. The molecule has 1 fully saturated rings. The molecule has 0 radical (unpaired) electrons. The Labute approximate surface area is 160 Å². The van der Waals surface area contributed by atoms with E-state index in [-0.39, 0.29) is 10.9 Å². The largest absolute Gasteiger partial charge is 0.324 e. The molecule has 0 spiro atoms. The average Bonchev–Trinajstić information content (AvgIpc) is 3.30. The van der Waals surface area contributed by atoms with Crippen molar-refractivity contribution in [3.63, 3.8) is 0 Å².